The van der Waals surface area contributed by atoms with Gasteiger partial charge in [0.1, 0.15) is 12.2 Å². The van der Waals surface area contributed by atoms with Gasteiger partial charge in [0.25, 0.3) is 0 Å². The van der Waals surface area contributed by atoms with Crippen molar-refractivity contribution in [1.29, 1.82) is 0 Å². The molecule has 1 N–H and O–H groups in total. The maximum atomic E-state index is 10.8. The standard InChI is InChI=1S/C15H19N3O/c1-2-18-14(16-11-17-18)10-15(19)8-7-12-5-3-4-6-13(12)9-15/h3-6,11,19H,2,7-10H2,1H3. The van der Waals surface area contributed by atoms with Gasteiger partial charge in [-0.15, -0.1) is 0 Å². The van der Waals surface area contributed by atoms with E-state index in [1.165, 1.54) is 11.1 Å². The van der Waals surface area contributed by atoms with Crippen LogP contribution in [0.3, 0.4) is 0 Å². The molecule has 1 heterocycles. The van der Waals surface area contributed by atoms with Crippen LogP contribution in [0, 0.1) is 0 Å². The van der Waals surface area contributed by atoms with Crippen molar-refractivity contribution in [1.82, 2.24) is 14.8 Å². The predicted octanol–water partition coefficient (Wildman–Crippen LogP) is 1.76. The van der Waals surface area contributed by atoms with Gasteiger partial charge in [0.15, 0.2) is 0 Å². The van der Waals surface area contributed by atoms with E-state index in [2.05, 4.69) is 28.3 Å². The third-order valence-electron chi connectivity index (χ3n) is 3.98. The molecule has 1 atom stereocenters. The number of nitrogens with zero attached hydrogens (tertiary/aromatic N) is 3. The van der Waals surface area contributed by atoms with Gasteiger partial charge in [-0.05, 0) is 30.9 Å². The van der Waals surface area contributed by atoms with Gasteiger partial charge in [-0.3, -0.25) is 4.68 Å². The zero-order chi connectivity index (χ0) is 13.3. The van der Waals surface area contributed by atoms with Crippen LogP contribution >= 0.6 is 0 Å². The lowest BCUT2D eigenvalue weighted by molar-refractivity contribution is 0.0239. The Morgan fingerprint density at radius 1 is 1.32 bits per heavy atom. The van der Waals surface area contributed by atoms with E-state index in [0.29, 0.717) is 12.8 Å². The van der Waals surface area contributed by atoms with Crippen LogP contribution in [0.2, 0.25) is 0 Å². The van der Waals surface area contributed by atoms with Crippen LogP contribution in [0.15, 0.2) is 30.6 Å². The van der Waals surface area contributed by atoms with Gasteiger partial charge in [-0.25, -0.2) is 4.98 Å². The van der Waals surface area contributed by atoms with Crippen molar-refractivity contribution in [3.05, 3.63) is 47.5 Å². The largest absolute Gasteiger partial charge is 0.389 e. The molecule has 1 aromatic heterocycles. The van der Waals surface area contributed by atoms with Gasteiger partial charge in [-0.1, -0.05) is 24.3 Å². The zero-order valence-electron chi connectivity index (χ0n) is 11.2. The monoisotopic (exact) mass is 257 g/mol. The van der Waals surface area contributed by atoms with E-state index in [0.717, 1.165) is 25.2 Å². The van der Waals surface area contributed by atoms with Crippen LogP contribution in [0.4, 0.5) is 0 Å². The smallest absolute Gasteiger partial charge is 0.138 e. The minimum atomic E-state index is -0.686. The molecule has 1 aliphatic rings. The Balaban J connectivity index is 1.82. The van der Waals surface area contributed by atoms with E-state index < -0.39 is 5.60 Å². The fourth-order valence-corrected chi connectivity index (χ4v) is 2.92. The normalized spacial score (nSPS) is 22.2. The average Bonchev–Trinajstić information content (AvgIpc) is 2.85. The lowest BCUT2D eigenvalue weighted by Gasteiger charge is -2.33. The molecular formula is C15H19N3O. The number of rotatable bonds is 3. The molecule has 2 aromatic rings. The van der Waals surface area contributed by atoms with Crippen molar-refractivity contribution in [2.75, 3.05) is 0 Å². The third-order valence-corrected chi connectivity index (χ3v) is 3.98. The van der Waals surface area contributed by atoms with Crippen molar-refractivity contribution in [2.45, 2.75) is 44.8 Å². The predicted molar refractivity (Wildman–Crippen MR) is 72.8 cm³/mol. The maximum Gasteiger partial charge on any atom is 0.138 e. The summed E-state index contributed by atoms with van der Waals surface area (Å²) in [6.45, 7) is 2.83. The first-order chi connectivity index (χ1) is 9.20. The van der Waals surface area contributed by atoms with Crippen LogP contribution in [-0.2, 0) is 25.8 Å². The number of fused-ring (bicyclic) bond motifs is 1. The summed E-state index contributed by atoms with van der Waals surface area (Å²) in [4.78, 5) is 4.27. The Bertz CT molecular complexity index is 578. The van der Waals surface area contributed by atoms with E-state index in [1.54, 1.807) is 6.33 Å². The summed E-state index contributed by atoms with van der Waals surface area (Å²) < 4.78 is 1.86. The quantitative estimate of drug-likeness (QED) is 0.911. The Kier molecular flexibility index (Phi) is 3.11. The molecule has 0 aliphatic heterocycles. The minimum absolute atomic E-state index is 0.579. The molecule has 0 saturated heterocycles. The Morgan fingerprint density at radius 3 is 2.89 bits per heavy atom. The van der Waals surface area contributed by atoms with Crippen molar-refractivity contribution in [3.63, 3.8) is 0 Å². The highest BCUT2D eigenvalue weighted by Gasteiger charge is 2.33. The summed E-state index contributed by atoms with van der Waals surface area (Å²) in [5.74, 6) is 0.879. The molecule has 1 aliphatic carbocycles. The SMILES string of the molecule is CCn1ncnc1CC1(O)CCc2ccccc2C1. The second-order valence-electron chi connectivity index (χ2n) is 5.34. The van der Waals surface area contributed by atoms with E-state index in [4.69, 9.17) is 0 Å². The number of aliphatic hydroxyl groups is 1. The summed E-state index contributed by atoms with van der Waals surface area (Å²) >= 11 is 0. The molecule has 3 rings (SSSR count). The number of aryl methyl sites for hydroxylation is 2. The number of hydrogen-bond donors (Lipinski definition) is 1. The fraction of sp³-hybridized carbons (Fsp3) is 0.467. The van der Waals surface area contributed by atoms with Gasteiger partial charge in [0, 0.05) is 19.4 Å². The van der Waals surface area contributed by atoms with Gasteiger partial charge in [-0.2, -0.15) is 5.10 Å². The highest BCUT2D eigenvalue weighted by atomic mass is 16.3. The Hall–Kier alpha value is -1.68. The highest BCUT2D eigenvalue weighted by Crippen LogP contribution is 2.30. The molecule has 1 unspecified atom stereocenters. The van der Waals surface area contributed by atoms with Crippen LogP contribution in [0.1, 0.15) is 30.3 Å². The van der Waals surface area contributed by atoms with Crippen molar-refractivity contribution in [3.8, 4) is 0 Å². The van der Waals surface area contributed by atoms with E-state index >= 15 is 0 Å². The summed E-state index contributed by atoms with van der Waals surface area (Å²) in [7, 11) is 0. The van der Waals surface area contributed by atoms with Gasteiger partial charge in [0.2, 0.25) is 0 Å². The first-order valence-electron chi connectivity index (χ1n) is 6.86. The molecule has 0 spiro atoms. The molecule has 0 amide bonds. The Morgan fingerprint density at radius 2 is 2.11 bits per heavy atom. The van der Waals surface area contributed by atoms with Gasteiger partial charge >= 0.3 is 0 Å². The lowest BCUT2D eigenvalue weighted by atomic mass is 9.78. The van der Waals surface area contributed by atoms with E-state index in [9.17, 15) is 5.11 Å². The number of benzene rings is 1. The first kappa shape index (κ1) is 12.4. The molecule has 1 aromatic carbocycles. The van der Waals surface area contributed by atoms with E-state index in [1.807, 2.05) is 17.7 Å². The summed E-state index contributed by atoms with van der Waals surface area (Å²) in [5, 5.41) is 15.0. The molecule has 19 heavy (non-hydrogen) atoms. The van der Waals surface area contributed by atoms with Crippen LogP contribution < -0.4 is 0 Å². The third kappa shape index (κ3) is 2.40. The molecule has 0 saturated carbocycles. The summed E-state index contributed by atoms with van der Waals surface area (Å²) in [5.41, 5.74) is 1.94. The van der Waals surface area contributed by atoms with Crippen molar-refractivity contribution >= 4 is 0 Å². The van der Waals surface area contributed by atoms with Crippen molar-refractivity contribution in [2.24, 2.45) is 0 Å². The molecule has 4 nitrogen and oxygen atoms in total. The summed E-state index contributed by atoms with van der Waals surface area (Å²) in [6, 6.07) is 8.38. The molecule has 0 fully saturated rings. The Labute approximate surface area is 113 Å². The molecule has 0 radical (unpaired) electrons. The zero-order valence-corrected chi connectivity index (χ0v) is 11.2. The minimum Gasteiger partial charge on any atom is -0.389 e. The van der Waals surface area contributed by atoms with Gasteiger partial charge in [0.05, 0.1) is 5.60 Å². The molecule has 100 valence electrons. The molecular weight excluding hydrogens is 238 g/mol. The number of aromatic nitrogens is 3. The fourth-order valence-electron chi connectivity index (χ4n) is 2.92. The maximum absolute atomic E-state index is 10.8. The lowest BCUT2D eigenvalue weighted by Crippen LogP contribution is -2.39. The first-order valence-corrected chi connectivity index (χ1v) is 6.86. The molecule has 0 bridgehead atoms. The highest BCUT2D eigenvalue weighted by molar-refractivity contribution is 5.31. The van der Waals surface area contributed by atoms with Crippen molar-refractivity contribution < 1.29 is 5.11 Å². The second kappa shape index (κ2) is 4.78. The molecule has 4 heteroatoms. The van der Waals surface area contributed by atoms with E-state index in [-0.39, 0.29) is 0 Å². The van der Waals surface area contributed by atoms with Gasteiger partial charge < -0.3 is 5.11 Å². The second-order valence-corrected chi connectivity index (χ2v) is 5.34. The summed E-state index contributed by atoms with van der Waals surface area (Å²) in [6.07, 6.45) is 4.58. The van der Waals surface area contributed by atoms with Crippen LogP contribution in [0.5, 0.6) is 0 Å². The van der Waals surface area contributed by atoms with Crippen LogP contribution in [0.25, 0.3) is 0 Å². The number of hydrogen-bond acceptors (Lipinski definition) is 3. The van der Waals surface area contributed by atoms with Crippen LogP contribution in [-0.4, -0.2) is 25.5 Å². The topological polar surface area (TPSA) is 50.9 Å². The average molecular weight is 257 g/mol.